The number of aromatic nitrogens is 1. The Morgan fingerprint density at radius 2 is 1.96 bits per heavy atom. The molecule has 1 amide bonds. The maximum absolute atomic E-state index is 11.9. The molecule has 24 heavy (non-hydrogen) atoms. The number of rotatable bonds is 7. The van der Waals surface area contributed by atoms with Crippen LogP contribution in [0.1, 0.15) is 17.5 Å². The van der Waals surface area contributed by atoms with Crippen LogP contribution in [0, 0.1) is 11.8 Å². The summed E-state index contributed by atoms with van der Waals surface area (Å²) >= 11 is 0. The Morgan fingerprint density at radius 1 is 1.17 bits per heavy atom. The van der Waals surface area contributed by atoms with Crippen molar-refractivity contribution in [3.63, 3.8) is 0 Å². The van der Waals surface area contributed by atoms with Gasteiger partial charge in [0.25, 0.3) is 0 Å². The minimum atomic E-state index is -0.907. The van der Waals surface area contributed by atoms with E-state index in [9.17, 15) is 9.59 Å². The summed E-state index contributed by atoms with van der Waals surface area (Å²) in [5.41, 5.74) is 1.90. The summed E-state index contributed by atoms with van der Waals surface area (Å²) < 4.78 is 5.65. The molecule has 1 aromatic carbocycles. The number of carbonyl (C=O) groups is 2. The van der Waals surface area contributed by atoms with Crippen molar-refractivity contribution >= 4 is 11.9 Å². The van der Waals surface area contributed by atoms with Crippen molar-refractivity contribution in [1.29, 1.82) is 0 Å². The van der Waals surface area contributed by atoms with Crippen LogP contribution >= 0.6 is 0 Å². The maximum atomic E-state index is 11.9. The smallest absolute Gasteiger partial charge is 0.307 e. The third-order valence-electron chi connectivity index (χ3n) is 3.94. The zero-order valence-electron chi connectivity index (χ0n) is 13.0. The molecule has 0 saturated heterocycles. The SMILES string of the molecule is O=C(O)C1CC1C(=O)NCc1ccnc(OCc2ccccc2)c1. The van der Waals surface area contributed by atoms with Crippen LogP contribution in [-0.2, 0) is 22.7 Å². The van der Waals surface area contributed by atoms with Gasteiger partial charge in [0.15, 0.2) is 0 Å². The van der Waals surface area contributed by atoms with E-state index in [2.05, 4.69) is 10.3 Å². The predicted molar refractivity (Wildman–Crippen MR) is 86.1 cm³/mol. The Hall–Kier alpha value is -2.89. The van der Waals surface area contributed by atoms with Crippen molar-refractivity contribution in [3.8, 4) is 5.88 Å². The van der Waals surface area contributed by atoms with Crippen LogP contribution in [0.5, 0.6) is 5.88 Å². The Kier molecular flexibility index (Phi) is 4.74. The molecule has 1 fully saturated rings. The number of ether oxygens (including phenoxy) is 1. The zero-order valence-corrected chi connectivity index (χ0v) is 13.0. The van der Waals surface area contributed by atoms with Gasteiger partial charge in [-0.2, -0.15) is 0 Å². The highest BCUT2D eigenvalue weighted by Crippen LogP contribution is 2.38. The largest absolute Gasteiger partial charge is 0.481 e. The van der Waals surface area contributed by atoms with Gasteiger partial charge in [-0.1, -0.05) is 30.3 Å². The van der Waals surface area contributed by atoms with E-state index in [1.54, 1.807) is 18.3 Å². The van der Waals surface area contributed by atoms with Gasteiger partial charge in [0.2, 0.25) is 11.8 Å². The first-order valence-corrected chi connectivity index (χ1v) is 7.75. The highest BCUT2D eigenvalue weighted by molar-refractivity contribution is 5.89. The van der Waals surface area contributed by atoms with Gasteiger partial charge in [-0.25, -0.2) is 4.98 Å². The Balaban J connectivity index is 1.50. The summed E-state index contributed by atoms with van der Waals surface area (Å²) in [6, 6.07) is 13.3. The molecular weight excluding hydrogens is 308 g/mol. The summed E-state index contributed by atoms with van der Waals surface area (Å²) in [7, 11) is 0. The molecule has 1 aliphatic rings. The van der Waals surface area contributed by atoms with Crippen LogP contribution in [0.3, 0.4) is 0 Å². The first-order valence-electron chi connectivity index (χ1n) is 7.75. The van der Waals surface area contributed by atoms with Crippen LogP contribution in [-0.4, -0.2) is 22.0 Å². The van der Waals surface area contributed by atoms with Crippen LogP contribution in [0.25, 0.3) is 0 Å². The predicted octanol–water partition coefficient (Wildman–Crippen LogP) is 2.00. The van der Waals surface area contributed by atoms with Crippen molar-refractivity contribution < 1.29 is 19.4 Å². The standard InChI is InChI=1S/C18H18N2O4/c21-17(14-9-15(14)18(22)23)20-10-13-6-7-19-16(8-13)24-11-12-4-2-1-3-5-12/h1-8,14-15H,9-11H2,(H,20,21)(H,22,23). The fraction of sp³-hybridized carbons (Fsp3) is 0.278. The highest BCUT2D eigenvalue weighted by Gasteiger charge is 2.48. The maximum Gasteiger partial charge on any atom is 0.307 e. The van der Waals surface area contributed by atoms with Crippen LogP contribution in [0.4, 0.5) is 0 Å². The number of hydrogen-bond acceptors (Lipinski definition) is 4. The number of carboxylic acid groups (broad SMARTS) is 1. The molecule has 124 valence electrons. The summed E-state index contributed by atoms with van der Waals surface area (Å²) in [5.74, 6) is -1.58. The topological polar surface area (TPSA) is 88.5 Å². The van der Waals surface area contributed by atoms with Gasteiger partial charge in [0, 0.05) is 18.8 Å². The number of nitrogens with one attached hydrogen (secondary N) is 1. The Morgan fingerprint density at radius 3 is 2.67 bits per heavy atom. The molecule has 2 N–H and O–H groups in total. The van der Waals surface area contributed by atoms with E-state index in [0.29, 0.717) is 25.5 Å². The third-order valence-corrected chi connectivity index (χ3v) is 3.94. The van der Waals surface area contributed by atoms with Crippen LogP contribution in [0.15, 0.2) is 48.7 Å². The number of pyridine rings is 1. The van der Waals surface area contributed by atoms with Crippen molar-refractivity contribution in [2.75, 3.05) is 0 Å². The number of nitrogens with zero attached hydrogens (tertiary/aromatic N) is 1. The second-order valence-electron chi connectivity index (χ2n) is 5.78. The van der Waals surface area contributed by atoms with Crippen molar-refractivity contribution in [2.45, 2.75) is 19.6 Å². The van der Waals surface area contributed by atoms with Crippen LogP contribution in [0.2, 0.25) is 0 Å². The van der Waals surface area contributed by atoms with E-state index in [1.807, 2.05) is 30.3 Å². The normalized spacial score (nSPS) is 18.7. The number of aliphatic carboxylic acids is 1. The third kappa shape index (κ3) is 4.10. The van der Waals surface area contributed by atoms with E-state index in [1.165, 1.54) is 0 Å². The van der Waals surface area contributed by atoms with E-state index in [4.69, 9.17) is 9.84 Å². The molecule has 2 unspecified atom stereocenters. The molecule has 1 saturated carbocycles. The molecule has 1 aliphatic carbocycles. The fourth-order valence-electron chi connectivity index (χ4n) is 2.45. The number of benzene rings is 1. The molecule has 0 aliphatic heterocycles. The first-order chi connectivity index (χ1) is 11.6. The Bertz CT molecular complexity index is 733. The van der Waals surface area contributed by atoms with Gasteiger partial charge in [0.1, 0.15) is 6.61 Å². The molecule has 6 heteroatoms. The lowest BCUT2D eigenvalue weighted by atomic mass is 10.2. The van der Waals surface area contributed by atoms with E-state index < -0.39 is 17.8 Å². The Labute approximate surface area is 139 Å². The van der Waals surface area contributed by atoms with Crippen LogP contribution < -0.4 is 10.1 Å². The summed E-state index contributed by atoms with van der Waals surface area (Å²) in [5, 5.41) is 11.6. The second-order valence-corrected chi connectivity index (χ2v) is 5.78. The minimum absolute atomic E-state index is 0.217. The second kappa shape index (κ2) is 7.12. The van der Waals surface area contributed by atoms with Gasteiger partial charge in [-0.05, 0) is 23.6 Å². The summed E-state index contributed by atoms with van der Waals surface area (Å²) in [6.07, 6.45) is 2.04. The van der Waals surface area contributed by atoms with Gasteiger partial charge in [-0.3, -0.25) is 9.59 Å². The van der Waals surface area contributed by atoms with Gasteiger partial charge >= 0.3 is 5.97 Å². The molecule has 2 aromatic rings. The molecule has 2 atom stereocenters. The van der Waals surface area contributed by atoms with Gasteiger partial charge < -0.3 is 15.2 Å². The van der Waals surface area contributed by atoms with Gasteiger partial charge in [-0.15, -0.1) is 0 Å². The lowest BCUT2D eigenvalue weighted by Crippen LogP contribution is -2.25. The summed E-state index contributed by atoms with van der Waals surface area (Å²) in [4.78, 5) is 26.8. The quantitative estimate of drug-likeness (QED) is 0.812. The van der Waals surface area contributed by atoms with E-state index in [-0.39, 0.29) is 5.91 Å². The van der Waals surface area contributed by atoms with Crippen molar-refractivity contribution in [3.05, 3.63) is 59.8 Å². The number of amides is 1. The lowest BCUT2D eigenvalue weighted by molar-refractivity contribution is -0.140. The van der Waals surface area contributed by atoms with E-state index in [0.717, 1.165) is 11.1 Å². The molecule has 0 radical (unpaired) electrons. The fourth-order valence-corrected chi connectivity index (χ4v) is 2.45. The average molecular weight is 326 g/mol. The van der Waals surface area contributed by atoms with Crippen molar-refractivity contribution in [1.82, 2.24) is 10.3 Å². The monoisotopic (exact) mass is 326 g/mol. The number of carbonyl (C=O) groups excluding carboxylic acids is 1. The first kappa shape index (κ1) is 16.0. The molecule has 6 nitrogen and oxygen atoms in total. The summed E-state index contributed by atoms with van der Waals surface area (Å²) in [6.45, 7) is 0.748. The zero-order chi connectivity index (χ0) is 16.9. The van der Waals surface area contributed by atoms with E-state index >= 15 is 0 Å². The number of hydrogen-bond donors (Lipinski definition) is 2. The minimum Gasteiger partial charge on any atom is -0.481 e. The molecule has 1 heterocycles. The number of carboxylic acids is 1. The molecule has 0 bridgehead atoms. The lowest BCUT2D eigenvalue weighted by Gasteiger charge is -2.08. The van der Waals surface area contributed by atoms with Gasteiger partial charge in [0.05, 0.1) is 11.8 Å². The average Bonchev–Trinajstić information content (AvgIpc) is 3.40. The molecule has 3 rings (SSSR count). The highest BCUT2D eigenvalue weighted by atomic mass is 16.5. The molecule has 0 spiro atoms. The van der Waals surface area contributed by atoms with Crippen molar-refractivity contribution in [2.24, 2.45) is 11.8 Å². The molecular formula is C18H18N2O4. The molecule has 1 aromatic heterocycles.